The standard InChI is InChI=1S/C23H31N3O2S/c1-20-9-10-22(24-19-20)26-17-15-25(16-18-26)14-6-13-23(11-5-12-23)29(27,28)21-7-3-2-4-8-21/h2-4,7-10,19H,5-6,11-18H2,1H3. The highest BCUT2D eigenvalue weighted by Crippen LogP contribution is 2.46. The lowest BCUT2D eigenvalue weighted by Gasteiger charge is -2.42. The van der Waals surface area contributed by atoms with Crippen LogP contribution in [0.3, 0.4) is 0 Å². The lowest BCUT2D eigenvalue weighted by molar-refractivity contribution is 0.233. The number of aryl methyl sites for hydroxylation is 1. The molecule has 156 valence electrons. The van der Waals surface area contributed by atoms with Crippen LogP contribution in [0.5, 0.6) is 0 Å². The smallest absolute Gasteiger partial charge is 0.184 e. The van der Waals surface area contributed by atoms with Gasteiger partial charge in [-0.2, -0.15) is 0 Å². The van der Waals surface area contributed by atoms with Gasteiger partial charge in [0.25, 0.3) is 0 Å². The molecule has 1 saturated carbocycles. The Hall–Kier alpha value is -1.92. The van der Waals surface area contributed by atoms with E-state index < -0.39 is 14.6 Å². The first-order valence-corrected chi connectivity index (χ1v) is 12.2. The largest absolute Gasteiger partial charge is 0.354 e. The van der Waals surface area contributed by atoms with E-state index in [1.165, 1.54) is 5.56 Å². The quantitative estimate of drug-likeness (QED) is 0.693. The van der Waals surface area contributed by atoms with Crippen molar-refractivity contribution in [2.45, 2.75) is 48.7 Å². The van der Waals surface area contributed by atoms with Gasteiger partial charge in [0.15, 0.2) is 9.84 Å². The first-order chi connectivity index (χ1) is 14.0. The van der Waals surface area contributed by atoms with Gasteiger partial charge in [0, 0.05) is 32.4 Å². The Morgan fingerprint density at radius 1 is 1.00 bits per heavy atom. The zero-order valence-electron chi connectivity index (χ0n) is 17.3. The van der Waals surface area contributed by atoms with Gasteiger partial charge in [0.05, 0.1) is 9.64 Å². The summed E-state index contributed by atoms with van der Waals surface area (Å²) in [6.07, 6.45) is 6.26. The molecular formula is C23H31N3O2S. The van der Waals surface area contributed by atoms with Crippen LogP contribution in [0.4, 0.5) is 5.82 Å². The van der Waals surface area contributed by atoms with Crippen molar-refractivity contribution in [2.24, 2.45) is 0 Å². The van der Waals surface area contributed by atoms with E-state index >= 15 is 0 Å². The average molecular weight is 414 g/mol. The van der Waals surface area contributed by atoms with Crippen LogP contribution in [0.15, 0.2) is 53.6 Å². The van der Waals surface area contributed by atoms with Crippen LogP contribution in [0, 0.1) is 6.92 Å². The van der Waals surface area contributed by atoms with Gasteiger partial charge in [0.1, 0.15) is 5.82 Å². The summed E-state index contributed by atoms with van der Waals surface area (Å²) in [5.74, 6) is 1.05. The van der Waals surface area contributed by atoms with Crippen molar-refractivity contribution in [2.75, 3.05) is 37.6 Å². The summed E-state index contributed by atoms with van der Waals surface area (Å²) < 4.78 is 25.9. The van der Waals surface area contributed by atoms with E-state index in [0.29, 0.717) is 4.90 Å². The molecule has 0 spiro atoms. The zero-order chi connectivity index (χ0) is 20.3. The van der Waals surface area contributed by atoms with Gasteiger partial charge in [-0.05, 0) is 62.9 Å². The second-order valence-electron chi connectivity index (χ2n) is 8.48. The van der Waals surface area contributed by atoms with Crippen LogP contribution in [0.1, 0.15) is 37.7 Å². The molecule has 4 rings (SSSR count). The van der Waals surface area contributed by atoms with Gasteiger partial charge in [-0.15, -0.1) is 0 Å². The molecule has 1 saturated heterocycles. The summed E-state index contributed by atoms with van der Waals surface area (Å²) in [4.78, 5) is 9.82. The second-order valence-corrected chi connectivity index (χ2v) is 10.8. The Labute approximate surface area is 174 Å². The molecule has 5 nitrogen and oxygen atoms in total. The monoisotopic (exact) mass is 413 g/mol. The zero-order valence-corrected chi connectivity index (χ0v) is 18.1. The van der Waals surface area contributed by atoms with Crippen molar-refractivity contribution in [3.8, 4) is 0 Å². The molecule has 1 aromatic carbocycles. The minimum Gasteiger partial charge on any atom is -0.354 e. The van der Waals surface area contributed by atoms with Crippen LogP contribution in [-0.2, 0) is 9.84 Å². The molecule has 2 aliphatic rings. The number of anilines is 1. The molecule has 1 aliphatic carbocycles. The predicted octanol–water partition coefficient (Wildman–Crippen LogP) is 3.69. The van der Waals surface area contributed by atoms with E-state index in [1.807, 2.05) is 24.4 Å². The number of hydrogen-bond acceptors (Lipinski definition) is 5. The van der Waals surface area contributed by atoms with Crippen LogP contribution in [0.25, 0.3) is 0 Å². The Morgan fingerprint density at radius 2 is 1.72 bits per heavy atom. The minimum absolute atomic E-state index is 0.485. The van der Waals surface area contributed by atoms with Crippen LogP contribution in [-0.4, -0.2) is 55.8 Å². The van der Waals surface area contributed by atoms with Gasteiger partial charge >= 0.3 is 0 Å². The molecular weight excluding hydrogens is 382 g/mol. The van der Waals surface area contributed by atoms with Crippen LogP contribution >= 0.6 is 0 Å². The first kappa shape index (κ1) is 20.4. The number of aromatic nitrogens is 1. The number of benzene rings is 1. The van der Waals surface area contributed by atoms with Gasteiger partial charge in [-0.3, -0.25) is 4.90 Å². The molecule has 0 unspecified atom stereocenters. The summed E-state index contributed by atoms with van der Waals surface area (Å²) >= 11 is 0. The van der Waals surface area contributed by atoms with Crippen molar-refractivity contribution in [1.82, 2.24) is 9.88 Å². The molecule has 0 bridgehead atoms. The molecule has 2 aromatic rings. The fraction of sp³-hybridized carbons (Fsp3) is 0.522. The molecule has 0 N–H and O–H groups in total. The van der Waals surface area contributed by atoms with E-state index in [9.17, 15) is 8.42 Å². The van der Waals surface area contributed by atoms with Crippen molar-refractivity contribution < 1.29 is 8.42 Å². The van der Waals surface area contributed by atoms with Gasteiger partial charge in [-0.25, -0.2) is 13.4 Å². The third kappa shape index (κ3) is 4.19. The van der Waals surface area contributed by atoms with Gasteiger partial charge in [0.2, 0.25) is 0 Å². The molecule has 2 fully saturated rings. The van der Waals surface area contributed by atoms with Crippen molar-refractivity contribution in [1.29, 1.82) is 0 Å². The highest BCUT2D eigenvalue weighted by atomic mass is 32.2. The molecule has 29 heavy (non-hydrogen) atoms. The number of nitrogens with zero attached hydrogens (tertiary/aromatic N) is 3. The Kier molecular flexibility index (Phi) is 5.93. The maximum Gasteiger partial charge on any atom is 0.184 e. The fourth-order valence-corrected chi connectivity index (χ4v) is 6.80. The molecule has 6 heteroatoms. The SMILES string of the molecule is Cc1ccc(N2CCN(CCCC3(S(=O)(=O)c4ccccc4)CCC3)CC2)nc1. The second kappa shape index (κ2) is 8.44. The Balaban J connectivity index is 1.29. The van der Waals surface area contributed by atoms with Gasteiger partial charge in [-0.1, -0.05) is 30.7 Å². The van der Waals surface area contributed by atoms with Crippen LogP contribution in [0.2, 0.25) is 0 Å². The summed E-state index contributed by atoms with van der Waals surface area (Å²) in [6, 6.07) is 13.2. The fourth-order valence-electron chi connectivity index (χ4n) is 4.55. The number of hydrogen-bond donors (Lipinski definition) is 0. The van der Waals surface area contributed by atoms with E-state index in [0.717, 1.165) is 70.6 Å². The number of sulfone groups is 1. The number of pyridine rings is 1. The van der Waals surface area contributed by atoms with Crippen LogP contribution < -0.4 is 4.90 Å². The predicted molar refractivity (Wildman–Crippen MR) is 117 cm³/mol. The van der Waals surface area contributed by atoms with Crippen molar-refractivity contribution in [3.63, 3.8) is 0 Å². The molecule has 1 aliphatic heterocycles. The lowest BCUT2D eigenvalue weighted by atomic mass is 9.81. The summed E-state index contributed by atoms with van der Waals surface area (Å²) in [6.45, 7) is 7.00. The normalized spacial score (nSPS) is 19.7. The third-order valence-corrected chi connectivity index (χ3v) is 9.23. The Morgan fingerprint density at radius 3 is 2.31 bits per heavy atom. The highest BCUT2D eigenvalue weighted by Gasteiger charge is 2.48. The lowest BCUT2D eigenvalue weighted by Crippen LogP contribution is -2.48. The summed E-state index contributed by atoms with van der Waals surface area (Å²) in [7, 11) is -3.25. The topological polar surface area (TPSA) is 53.5 Å². The number of piperazine rings is 1. The molecule has 2 heterocycles. The number of rotatable bonds is 7. The average Bonchev–Trinajstić information content (AvgIpc) is 2.71. The summed E-state index contributed by atoms with van der Waals surface area (Å²) in [5, 5.41) is 0. The molecule has 0 amide bonds. The maximum atomic E-state index is 13.2. The van der Waals surface area contributed by atoms with E-state index in [4.69, 9.17) is 0 Å². The maximum absolute atomic E-state index is 13.2. The summed E-state index contributed by atoms with van der Waals surface area (Å²) in [5.41, 5.74) is 1.18. The van der Waals surface area contributed by atoms with E-state index in [-0.39, 0.29) is 0 Å². The minimum atomic E-state index is -3.25. The van der Waals surface area contributed by atoms with E-state index in [2.05, 4.69) is 33.8 Å². The van der Waals surface area contributed by atoms with E-state index in [1.54, 1.807) is 12.1 Å². The molecule has 0 atom stereocenters. The highest BCUT2D eigenvalue weighted by molar-refractivity contribution is 7.93. The third-order valence-electron chi connectivity index (χ3n) is 6.59. The Bertz CT molecular complexity index is 901. The van der Waals surface area contributed by atoms with Crippen molar-refractivity contribution in [3.05, 3.63) is 54.2 Å². The van der Waals surface area contributed by atoms with Crippen molar-refractivity contribution >= 4 is 15.7 Å². The molecule has 0 radical (unpaired) electrons. The first-order valence-electron chi connectivity index (χ1n) is 10.7. The molecule has 1 aromatic heterocycles. The van der Waals surface area contributed by atoms with Gasteiger partial charge < -0.3 is 4.90 Å².